The number of thiazole rings is 1. The van der Waals surface area contributed by atoms with Crippen molar-refractivity contribution in [2.75, 3.05) is 6.61 Å². The van der Waals surface area contributed by atoms with Crippen LogP contribution in [0.25, 0.3) is 0 Å². The minimum atomic E-state index is 0.439. The normalized spacial score (nSPS) is 28.7. The van der Waals surface area contributed by atoms with Gasteiger partial charge < -0.3 is 10.1 Å². The van der Waals surface area contributed by atoms with Gasteiger partial charge in [-0.3, -0.25) is 0 Å². The van der Waals surface area contributed by atoms with Crippen molar-refractivity contribution in [3.63, 3.8) is 0 Å². The Morgan fingerprint density at radius 1 is 1.47 bits per heavy atom. The fourth-order valence-electron chi connectivity index (χ4n) is 3.88. The second-order valence-corrected chi connectivity index (χ2v) is 6.85. The molecule has 0 saturated heterocycles. The molecular formula is C15H24N2OS. The summed E-state index contributed by atoms with van der Waals surface area (Å²) in [6.45, 7) is 6.04. The zero-order valence-electron chi connectivity index (χ0n) is 11.9. The fourth-order valence-corrected chi connectivity index (χ4v) is 4.61. The zero-order chi connectivity index (χ0) is 13.3. The van der Waals surface area contributed by atoms with Gasteiger partial charge in [0.15, 0.2) is 0 Å². The predicted molar refractivity (Wildman–Crippen MR) is 78.4 cm³/mol. The van der Waals surface area contributed by atoms with Crippen LogP contribution in [0, 0.1) is 12.3 Å². The molecule has 0 amide bonds. The van der Waals surface area contributed by atoms with Crippen LogP contribution in [0.3, 0.4) is 0 Å². The summed E-state index contributed by atoms with van der Waals surface area (Å²) in [4.78, 5) is 5.71. The van der Waals surface area contributed by atoms with Crippen LogP contribution in [0.15, 0.2) is 5.51 Å². The molecule has 1 aromatic heterocycles. The first-order valence-electron chi connectivity index (χ1n) is 7.50. The van der Waals surface area contributed by atoms with E-state index in [0.717, 1.165) is 13.2 Å². The molecule has 0 aromatic carbocycles. The van der Waals surface area contributed by atoms with Crippen LogP contribution in [0.5, 0.6) is 0 Å². The third kappa shape index (κ3) is 2.34. The third-order valence-electron chi connectivity index (χ3n) is 5.04. The van der Waals surface area contributed by atoms with Crippen LogP contribution in [-0.4, -0.2) is 23.7 Å². The van der Waals surface area contributed by atoms with E-state index in [1.54, 1.807) is 11.3 Å². The summed E-state index contributed by atoms with van der Waals surface area (Å²) in [5.41, 5.74) is 3.56. The fraction of sp³-hybridized carbons (Fsp3) is 0.800. The Labute approximate surface area is 119 Å². The molecule has 0 radical (unpaired) electrons. The minimum absolute atomic E-state index is 0.439. The van der Waals surface area contributed by atoms with Crippen LogP contribution < -0.4 is 5.32 Å². The maximum atomic E-state index is 5.96. The molecule has 1 spiro atoms. The van der Waals surface area contributed by atoms with Gasteiger partial charge in [-0.25, -0.2) is 4.98 Å². The van der Waals surface area contributed by atoms with Crippen molar-refractivity contribution < 1.29 is 4.74 Å². The van der Waals surface area contributed by atoms with E-state index < -0.39 is 0 Å². The first kappa shape index (κ1) is 13.5. The first-order valence-corrected chi connectivity index (χ1v) is 8.38. The van der Waals surface area contributed by atoms with Gasteiger partial charge in [0.1, 0.15) is 0 Å². The lowest BCUT2D eigenvalue weighted by Gasteiger charge is -2.54. The van der Waals surface area contributed by atoms with Gasteiger partial charge in [-0.1, -0.05) is 12.8 Å². The number of aromatic nitrogens is 1. The van der Waals surface area contributed by atoms with E-state index in [2.05, 4.69) is 24.1 Å². The molecule has 3 nitrogen and oxygen atoms in total. The number of nitrogens with one attached hydrogen (secondary N) is 1. The molecule has 2 unspecified atom stereocenters. The van der Waals surface area contributed by atoms with Gasteiger partial charge in [0.25, 0.3) is 0 Å². The zero-order valence-corrected chi connectivity index (χ0v) is 12.8. The van der Waals surface area contributed by atoms with Gasteiger partial charge in [0, 0.05) is 29.5 Å². The molecule has 1 N–H and O–H groups in total. The Hall–Kier alpha value is -0.450. The molecule has 2 aliphatic rings. The summed E-state index contributed by atoms with van der Waals surface area (Å²) < 4.78 is 5.96. The molecule has 2 aliphatic carbocycles. The Kier molecular flexibility index (Phi) is 3.92. The van der Waals surface area contributed by atoms with Crippen molar-refractivity contribution >= 4 is 11.3 Å². The molecule has 1 aromatic rings. The highest BCUT2D eigenvalue weighted by Gasteiger charge is 2.56. The maximum Gasteiger partial charge on any atom is 0.0798 e. The van der Waals surface area contributed by atoms with E-state index >= 15 is 0 Å². The summed E-state index contributed by atoms with van der Waals surface area (Å²) in [7, 11) is 0. The van der Waals surface area contributed by atoms with Crippen molar-refractivity contribution in [1.29, 1.82) is 0 Å². The van der Waals surface area contributed by atoms with Crippen LogP contribution in [0.2, 0.25) is 0 Å². The Balaban J connectivity index is 1.61. The third-order valence-corrected chi connectivity index (χ3v) is 5.98. The van der Waals surface area contributed by atoms with E-state index in [-0.39, 0.29) is 0 Å². The van der Waals surface area contributed by atoms with Crippen molar-refractivity contribution in [3.05, 3.63) is 16.1 Å². The van der Waals surface area contributed by atoms with Crippen LogP contribution in [-0.2, 0) is 11.3 Å². The SMILES string of the molecule is CCOC1CC(NCc2scnc2C)C12CCCC2. The van der Waals surface area contributed by atoms with Gasteiger partial charge in [0.2, 0.25) is 0 Å². The Morgan fingerprint density at radius 2 is 2.26 bits per heavy atom. The van der Waals surface area contributed by atoms with E-state index in [0.29, 0.717) is 17.6 Å². The average Bonchev–Trinajstić information content (AvgIpc) is 3.03. The van der Waals surface area contributed by atoms with Gasteiger partial charge in [-0.2, -0.15) is 0 Å². The molecule has 0 aliphatic heterocycles. The molecule has 1 heterocycles. The van der Waals surface area contributed by atoms with Crippen molar-refractivity contribution in [2.45, 2.75) is 64.6 Å². The van der Waals surface area contributed by atoms with Crippen molar-refractivity contribution in [1.82, 2.24) is 10.3 Å². The second kappa shape index (κ2) is 5.51. The number of aryl methyl sites for hydroxylation is 1. The monoisotopic (exact) mass is 280 g/mol. The predicted octanol–water partition coefficient (Wildman–Crippen LogP) is 3.28. The topological polar surface area (TPSA) is 34.1 Å². The Morgan fingerprint density at radius 3 is 2.89 bits per heavy atom. The molecule has 106 valence electrons. The van der Waals surface area contributed by atoms with Crippen LogP contribution in [0.1, 0.15) is 49.6 Å². The summed E-state index contributed by atoms with van der Waals surface area (Å²) in [6, 6.07) is 0.646. The largest absolute Gasteiger partial charge is 0.378 e. The van der Waals surface area contributed by atoms with Gasteiger partial charge in [0.05, 0.1) is 17.3 Å². The molecule has 4 heteroatoms. The molecule has 2 fully saturated rings. The van der Waals surface area contributed by atoms with Gasteiger partial charge in [-0.15, -0.1) is 11.3 Å². The first-order chi connectivity index (χ1) is 9.26. The number of hydrogen-bond acceptors (Lipinski definition) is 4. The van der Waals surface area contributed by atoms with E-state index in [1.165, 1.54) is 42.7 Å². The minimum Gasteiger partial charge on any atom is -0.378 e. The highest BCUT2D eigenvalue weighted by molar-refractivity contribution is 7.09. The maximum absolute atomic E-state index is 5.96. The quantitative estimate of drug-likeness (QED) is 0.899. The summed E-state index contributed by atoms with van der Waals surface area (Å²) >= 11 is 1.76. The summed E-state index contributed by atoms with van der Waals surface area (Å²) in [5, 5.41) is 3.77. The Bertz CT molecular complexity index is 426. The number of ether oxygens (including phenoxy) is 1. The van der Waals surface area contributed by atoms with Crippen molar-refractivity contribution in [3.8, 4) is 0 Å². The van der Waals surface area contributed by atoms with E-state index in [4.69, 9.17) is 4.74 Å². The van der Waals surface area contributed by atoms with Gasteiger partial charge >= 0.3 is 0 Å². The van der Waals surface area contributed by atoms with E-state index in [9.17, 15) is 0 Å². The average molecular weight is 280 g/mol. The van der Waals surface area contributed by atoms with Crippen LogP contribution >= 0.6 is 11.3 Å². The summed E-state index contributed by atoms with van der Waals surface area (Å²) in [5.74, 6) is 0. The lowest BCUT2D eigenvalue weighted by atomic mass is 9.60. The molecule has 2 atom stereocenters. The summed E-state index contributed by atoms with van der Waals surface area (Å²) in [6.07, 6.45) is 7.13. The smallest absolute Gasteiger partial charge is 0.0798 e. The lowest BCUT2D eigenvalue weighted by molar-refractivity contribution is -0.130. The van der Waals surface area contributed by atoms with Gasteiger partial charge in [-0.05, 0) is 33.1 Å². The van der Waals surface area contributed by atoms with Crippen molar-refractivity contribution in [2.24, 2.45) is 5.41 Å². The molecule has 19 heavy (non-hydrogen) atoms. The number of nitrogens with zero attached hydrogens (tertiary/aromatic N) is 1. The number of rotatable bonds is 5. The van der Waals surface area contributed by atoms with E-state index in [1.807, 2.05) is 5.51 Å². The standard InChI is InChI=1S/C15H24N2OS/c1-3-18-14-8-13(15(14)6-4-5-7-15)16-9-12-11(2)17-10-19-12/h10,13-14,16H,3-9H2,1-2H3. The molecule has 2 saturated carbocycles. The highest BCUT2D eigenvalue weighted by atomic mass is 32.1. The lowest BCUT2D eigenvalue weighted by Crippen LogP contribution is -2.62. The number of hydrogen-bond donors (Lipinski definition) is 1. The highest BCUT2D eigenvalue weighted by Crippen LogP contribution is 2.54. The second-order valence-electron chi connectivity index (χ2n) is 5.91. The molecule has 3 rings (SSSR count). The molecule has 0 bridgehead atoms. The van der Waals surface area contributed by atoms with Crippen LogP contribution in [0.4, 0.5) is 0 Å². The molecular weight excluding hydrogens is 256 g/mol.